The molecule has 14 nitrogen and oxygen atoms in total. The Kier molecular flexibility index (Phi) is 16.0. The molecule has 1 unspecified atom stereocenters. The fourth-order valence-corrected chi connectivity index (χ4v) is 12.3. The molecule has 0 aliphatic carbocycles. The summed E-state index contributed by atoms with van der Waals surface area (Å²) in [6.45, 7) is 9.68. The van der Waals surface area contributed by atoms with E-state index < -0.39 is 33.1 Å². The number of nitrogens with zero attached hydrogens (tertiary/aromatic N) is 5. The van der Waals surface area contributed by atoms with Gasteiger partial charge in [0, 0.05) is 86.9 Å². The lowest BCUT2D eigenvalue weighted by Crippen LogP contribution is -2.54. The fourth-order valence-electron chi connectivity index (χ4n) is 11.5. The average molecular weight is 1060 g/mol. The van der Waals surface area contributed by atoms with Crippen LogP contribution in [0.4, 0.5) is 15.8 Å². The Morgan fingerprint density at radius 2 is 1.69 bits per heavy atom. The summed E-state index contributed by atoms with van der Waals surface area (Å²) in [5.41, 5.74) is 7.78. The zero-order valence-electron chi connectivity index (χ0n) is 44.3. The molecule has 5 aromatic rings. The highest BCUT2D eigenvalue weighted by molar-refractivity contribution is 7.85. The van der Waals surface area contributed by atoms with E-state index in [1.807, 2.05) is 72.8 Å². The maximum absolute atomic E-state index is 15.3. The lowest BCUT2D eigenvalue weighted by Gasteiger charge is -2.34. The minimum atomic E-state index is -4.52. The minimum absolute atomic E-state index is 0.0173. The van der Waals surface area contributed by atoms with Crippen LogP contribution in [0.5, 0.6) is 17.2 Å². The Bertz CT molecular complexity index is 3550. The van der Waals surface area contributed by atoms with Crippen LogP contribution in [0, 0.1) is 5.82 Å². The molecular weight excluding hydrogens is 994 g/mol. The second-order valence-corrected chi connectivity index (χ2v) is 22.9. The summed E-state index contributed by atoms with van der Waals surface area (Å²) >= 11 is 0. The number of ether oxygens (including phenoxy) is 2. The summed E-state index contributed by atoms with van der Waals surface area (Å²) in [5, 5.41) is 4.49. The number of anilines is 1. The Hall–Kier alpha value is -7.17. The zero-order chi connectivity index (χ0) is 53.7. The van der Waals surface area contributed by atoms with Gasteiger partial charge in [-0.25, -0.2) is 27.4 Å². The van der Waals surface area contributed by atoms with E-state index in [0.717, 1.165) is 104 Å². The van der Waals surface area contributed by atoms with Crippen LogP contribution in [0.2, 0.25) is 0 Å². The molecule has 5 heterocycles. The van der Waals surface area contributed by atoms with Crippen molar-refractivity contribution in [1.29, 1.82) is 0 Å². The number of hydrogen-bond acceptors (Lipinski definition) is 10. The van der Waals surface area contributed by atoms with E-state index in [2.05, 4.69) is 52.7 Å². The Morgan fingerprint density at radius 1 is 0.922 bits per heavy atom. The molecule has 5 aromatic carbocycles. The van der Waals surface area contributed by atoms with E-state index in [4.69, 9.17) is 19.5 Å². The van der Waals surface area contributed by atoms with Crippen molar-refractivity contribution in [3.8, 4) is 34.3 Å². The zero-order valence-corrected chi connectivity index (χ0v) is 45.1. The van der Waals surface area contributed by atoms with Gasteiger partial charge in [-0.2, -0.15) is 0 Å². The standard InChI is InChI=1S/C61H68FN7O7S/c1-4-67-28-17-23-44-34-48-56(36-53(44)67)76-57-37-54-46(35-49(57)64-48)45(40-77(72,73)74)38-61(2,3)69(54)29-18-24-58(70)63-27-15-7-5-6-8-16-30-75-55-26-25-42(31-47(55)62)33-51-60(71)68-39-52(43-21-13-10-14-22-43)65-50(59(68)66-51)32-41-19-11-9-12-20-41/h9-14,19-22,25-26,31,34-37,39,45H,4-8,15-18,23-24,27-30,32-33,38,40H2,1-3H3,(H2-,63,65,70,71,72,73,74). The number of aromatic amines is 1. The molecule has 2 N–H and O–H groups in total. The highest BCUT2D eigenvalue weighted by atomic mass is 32.2. The number of nitrogens with one attached hydrogen (secondary N) is 2. The maximum atomic E-state index is 15.3. The second kappa shape index (κ2) is 23.2. The van der Waals surface area contributed by atoms with Crippen LogP contribution in [0.25, 0.3) is 17.1 Å². The number of benzene rings is 5. The topological polar surface area (TPSA) is 174 Å². The molecule has 0 bridgehead atoms. The number of aryl methyl sites for hydroxylation is 1. The van der Waals surface area contributed by atoms with Crippen molar-refractivity contribution in [2.45, 2.75) is 116 Å². The van der Waals surface area contributed by atoms with Crippen molar-refractivity contribution in [2.75, 3.05) is 43.4 Å². The summed E-state index contributed by atoms with van der Waals surface area (Å²) in [7, 11) is -4.52. The molecule has 10 rings (SSSR count). The number of imidazole rings is 1. The van der Waals surface area contributed by atoms with Gasteiger partial charge in [0.05, 0.1) is 34.2 Å². The van der Waals surface area contributed by atoms with Gasteiger partial charge in [0.2, 0.25) is 11.3 Å². The largest absolute Gasteiger partial charge is 0.748 e. The van der Waals surface area contributed by atoms with Crippen LogP contribution in [-0.2, 0) is 34.2 Å². The number of halogens is 1. The molecule has 5 aliphatic rings. The Morgan fingerprint density at radius 3 is 2.45 bits per heavy atom. The summed E-state index contributed by atoms with van der Waals surface area (Å²) in [6, 6.07) is 32.7. The molecule has 0 radical (unpaired) electrons. The van der Waals surface area contributed by atoms with Gasteiger partial charge in [-0.1, -0.05) is 92.4 Å². The van der Waals surface area contributed by atoms with Gasteiger partial charge in [0.1, 0.15) is 23.3 Å². The van der Waals surface area contributed by atoms with Crippen molar-refractivity contribution in [3.05, 3.63) is 170 Å². The molecular formula is C61H68FN7O7S. The van der Waals surface area contributed by atoms with Gasteiger partial charge in [0.25, 0.3) is 5.56 Å². The molecule has 0 saturated carbocycles. The summed E-state index contributed by atoms with van der Waals surface area (Å²) in [6.07, 6.45) is 11.5. The smallest absolute Gasteiger partial charge is 0.278 e. The molecule has 1 amide bonds. The maximum Gasteiger partial charge on any atom is 0.278 e. The molecule has 0 fully saturated rings. The van der Waals surface area contributed by atoms with E-state index in [-0.39, 0.29) is 23.6 Å². The molecule has 5 aliphatic heterocycles. The number of fused-ring (bicyclic) bond motifs is 5. The number of aromatic nitrogens is 3. The van der Waals surface area contributed by atoms with E-state index in [9.17, 15) is 22.6 Å². The van der Waals surface area contributed by atoms with Crippen molar-refractivity contribution in [3.63, 3.8) is 0 Å². The number of H-pyrrole nitrogens is 1. The first kappa shape index (κ1) is 53.2. The number of hydrogen-bond donors (Lipinski definition) is 2. The monoisotopic (exact) mass is 1060 g/mol. The molecule has 77 heavy (non-hydrogen) atoms. The van der Waals surface area contributed by atoms with E-state index >= 15 is 4.39 Å². The highest BCUT2D eigenvalue weighted by Gasteiger charge is 2.41. The summed E-state index contributed by atoms with van der Waals surface area (Å²) < 4.78 is 68.1. The molecule has 0 aromatic heterocycles. The molecule has 1 atom stereocenters. The molecule has 402 valence electrons. The van der Waals surface area contributed by atoms with Crippen molar-refractivity contribution in [2.24, 2.45) is 4.99 Å². The van der Waals surface area contributed by atoms with Gasteiger partial charge in [-0.3, -0.25) is 14.2 Å². The first-order valence-corrected chi connectivity index (χ1v) is 28.9. The van der Waals surface area contributed by atoms with E-state index in [0.29, 0.717) is 79.3 Å². The molecule has 0 saturated heterocycles. The minimum Gasteiger partial charge on any atom is -0.748 e. The normalized spacial score (nSPS) is 15.5. The summed E-state index contributed by atoms with van der Waals surface area (Å²) in [5.74, 6) is 0.475. The van der Waals surface area contributed by atoms with Crippen LogP contribution in [0.15, 0.2) is 119 Å². The third-order valence-corrected chi connectivity index (χ3v) is 16.1. The number of carbonyl (C=O) groups excluding carboxylic acids is 1. The third-order valence-electron chi connectivity index (χ3n) is 15.3. The van der Waals surface area contributed by atoms with E-state index in [1.54, 1.807) is 22.9 Å². The predicted molar refractivity (Wildman–Crippen MR) is 296 cm³/mol. The van der Waals surface area contributed by atoms with Crippen LogP contribution in [0.3, 0.4) is 0 Å². The van der Waals surface area contributed by atoms with Crippen molar-refractivity contribution < 1.29 is 31.6 Å². The van der Waals surface area contributed by atoms with Gasteiger partial charge in [-0.05, 0) is 93.0 Å². The van der Waals surface area contributed by atoms with E-state index in [1.165, 1.54) is 17.3 Å². The van der Waals surface area contributed by atoms with Gasteiger partial charge in [-0.15, -0.1) is 0 Å². The van der Waals surface area contributed by atoms with Gasteiger partial charge >= 0.3 is 0 Å². The average Bonchev–Trinajstić information content (AvgIpc) is 3.87. The number of carbonyl (C=O) groups is 1. The highest BCUT2D eigenvalue weighted by Crippen LogP contribution is 2.42. The summed E-state index contributed by atoms with van der Waals surface area (Å²) in [4.78, 5) is 42.5. The van der Waals surface area contributed by atoms with Crippen LogP contribution in [-0.4, -0.2) is 77.5 Å². The predicted octanol–water partition coefficient (Wildman–Crippen LogP) is 9.43. The second-order valence-electron chi connectivity index (χ2n) is 21.4. The number of unbranched alkanes of at least 4 members (excludes halogenated alkanes) is 5. The Labute approximate surface area is 449 Å². The quantitative estimate of drug-likeness (QED) is 0.0381. The van der Waals surface area contributed by atoms with Crippen LogP contribution >= 0.6 is 0 Å². The Balaban J connectivity index is 0.671. The van der Waals surface area contributed by atoms with Gasteiger partial charge in [0.15, 0.2) is 34.4 Å². The van der Waals surface area contributed by atoms with Crippen molar-refractivity contribution >= 4 is 27.4 Å². The number of amides is 1. The first-order valence-electron chi connectivity index (χ1n) is 27.3. The molecule has 16 heteroatoms. The van der Waals surface area contributed by atoms with Crippen LogP contribution < -0.4 is 40.5 Å². The van der Waals surface area contributed by atoms with Crippen molar-refractivity contribution in [1.82, 2.24) is 24.4 Å². The lowest BCUT2D eigenvalue weighted by molar-refractivity contribution is -0.121. The van der Waals surface area contributed by atoms with Crippen LogP contribution in [0.1, 0.15) is 125 Å². The van der Waals surface area contributed by atoms with Gasteiger partial charge < -0.3 is 29.2 Å². The lowest BCUT2D eigenvalue weighted by atomic mass is 9.82. The number of rotatable bonds is 22. The SMILES string of the molecule is CCN1CCCc2cc3c(cc21)Oc1cc2c(cc1=N3)C(CS(=O)(=O)[O-])CC(C)(C)[N+]=2CCCC(=O)NCCCCCCCCOc1ccc(Cc2nc3c(Cc4ccccc4)[nH]c(-c4ccccc4)cn-3c2=O)cc1F. The first-order chi connectivity index (χ1) is 37.2. The molecule has 0 spiro atoms. The fraction of sp³-hybridized carbons (Fsp3) is 0.393. The third kappa shape index (κ3) is 12.5.